The summed E-state index contributed by atoms with van der Waals surface area (Å²) >= 11 is 0. The van der Waals surface area contributed by atoms with Gasteiger partial charge in [-0.1, -0.05) is 58.9 Å². The summed E-state index contributed by atoms with van der Waals surface area (Å²) in [6.07, 6.45) is 1.94. The molecule has 2 aromatic heterocycles. The van der Waals surface area contributed by atoms with E-state index >= 15 is 0 Å². The standard InChI is InChI=1S/C25H24N2/c1-24(2,3)20-14-17-10-11-26-22-18-12-15-8-6-7-9-16(15)13-19(18)25(4,5)23(27-20)21(17)22/h6-14H,1-5H3. The number of fused-ring (bicyclic) bond motifs is 3. The Morgan fingerprint density at radius 1 is 0.852 bits per heavy atom. The highest BCUT2D eigenvalue weighted by molar-refractivity contribution is 6.03. The lowest BCUT2D eigenvalue weighted by Crippen LogP contribution is -2.27. The lowest BCUT2D eigenvalue weighted by Gasteiger charge is -2.35. The molecule has 4 aromatic rings. The van der Waals surface area contributed by atoms with Crippen molar-refractivity contribution < 1.29 is 0 Å². The fraction of sp³-hybridized carbons (Fsp3) is 0.280. The summed E-state index contributed by atoms with van der Waals surface area (Å²) in [5.74, 6) is 0. The minimum Gasteiger partial charge on any atom is -0.256 e. The average Bonchev–Trinajstić information content (AvgIpc) is 2.64. The van der Waals surface area contributed by atoms with Crippen LogP contribution >= 0.6 is 0 Å². The van der Waals surface area contributed by atoms with E-state index in [0.29, 0.717) is 0 Å². The molecule has 2 heteroatoms. The molecule has 0 fully saturated rings. The highest BCUT2D eigenvalue weighted by Gasteiger charge is 2.36. The molecule has 0 amide bonds. The van der Waals surface area contributed by atoms with E-state index in [0.717, 1.165) is 17.1 Å². The predicted molar refractivity (Wildman–Crippen MR) is 113 cm³/mol. The van der Waals surface area contributed by atoms with Crippen LogP contribution in [0.3, 0.4) is 0 Å². The van der Waals surface area contributed by atoms with Gasteiger partial charge in [0, 0.05) is 33.7 Å². The maximum Gasteiger partial charge on any atom is 0.0802 e. The van der Waals surface area contributed by atoms with Crippen molar-refractivity contribution in [3.8, 4) is 11.3 Å². The molecule has 1 aliphatic rings. The summed E-state index contributed by atoms with van der Waals surface area (Å²) in [6, 6.07) is 17.6. The van der Waals surface area contributed by atoms with E-state index in [1.165, 1.54) is 32.7 Å². The first-order chi connectivity index (χ1) is 12.8. The maximum atomic E-state index is 5.19. The fourth-order valence-corrected chi connectivity index (χ4v) is 4.32. The van der Waals surface area contributed by atoms with Crippen LogP contribution < -0.4 is 0 Å². The van der Waals surface area contributed by atoms with E-state index in [2.05, 4.69) is 83.1 Å². The Hall–Kier alpha value is -2.74. The number of nitrogens with zero attached hydrogens (tertiary/aromatic N) is 2. The van der Waals surface area contributed by atoms with Crippen LogP contribution in [0.1, 0.15) is 51.6 Å². The van der Waals surface area contributed by atoms with Crippen LogP contribution in [0.25, 0.3) is 32.8 Å². The molecule has 5 rings (SSSR count). The second-order valence-corrected chi connectivity index (χ2v) is 9.23. The van der Waals surface area contributed by atoms with Crippen molar-refractivity contribution >= 4 is 21.5 Å². The van der Waals surface area contributed by atoms with Crippen LogP contribution in [0.5, 0.6) is 0 Å². The number of pyridine rings is 2. The van der Waals surface area contributed by atoms with Crippen LogP contribution in [0.15, 0.2) is 54.7 Å². The Morgan fingerprint density at radius 3 is 2.26 bits per heavy atom. The molecule has 0 atom stereocenters. The Balaban J connectivity index is 1.96. The molecule has 0 bridgehead atoms. The Morgan fingerprint density at radius 2 is 1.56 bits per heavy atom. The second-order valence-electron chi connectivity index (χ2n) is 9.23. The third kappa shape index (κ3) is 2.26. The molecule has 0 spiro atoms. The lowest BCUT2D eigenvalue weighted by molar-refractivity contribution is 0.550. The van der Waals surface area contributed by atoms with Crippen molar-refractivity contribution in [2.75, 3.05) is 0 Å². The molecule has 2 aromatic carbocycles. The normalized spacial score (nSPS) is 15.1. The smallest absolute Gasteiger partial charge is 0.0802 e. The van der Waals surface area contributed by atoms with E-state index in [-0.39, 0.29) is 10.8 Å². The molecule has 0 saturated heterocycles. The summed E-state index contributed by atoms with van der Waals surface area (Å²) in [5, 5.41) is 4.97. The van der Waals surface area contributed by atoms with Crippen LogP contribution in [-0.2, 0) is 10.8 Å². The van der Waals surface area contributed by atoms with Crippen molar-refractivity contribution in [3.05, 3.63) is 71.7 Å². The minimum atomic E-state index is -0.172. The summed E-state index contributed by atoms with van der Waals surface area (Å²) < 4.78 is 0. The fourth-order valence-electron chi connectivity index (χ4n) is 4.32. The zero-order chi connectivity index (χ0) is 19.0. The molecule has 0 saturated carbocycles. The van der Waals surface area contributed by atoms with Gasteiger partial charge < -0.3 is 0 Å². The number of benzene rings is 2. The Bertz CT molecular complexity index is 1230. The molecule has 2 nitrogen and oxygen atoms in total. The first-order valence-electron chi connectivity index (χ1n) is 9.61. The average molecular weight is 352 g/mol. The zero-order valence-corrected chi connectivity index (χ0v) is 16.6. The minimum absolute atomic E-state index is 0.00780. The van der Waals surface area contributed by atoms with Crippen molar-refractivity contribution in [1.82, 2.24) is 9.97 Å². The largest absolute Gasteiger partial charge is 0.256 e. The molecule has 2 heterocycles. The van der Waals surface area contributed by atoms with Gasteiger partial charge in [0.05, 0.1) is 11.4 Å². The number of rotatable bonds is 0. The molecular weight excluding hydrogens is 328 g/mol. The van der Waals surface area contributed by atoms with Crippen LogP contribution in [-0.4, -0.2) is 9.97 Å². The maximum absolute atomic E-state index is 5.19. The van der Waals surface area contributed by atoms with Gasteiger partial charge in [-0.3, -0.25) is 9.97 Å². The lowest BCUT2D eigenvalue weighted by atomic mass is 9.71. The molecule has 27 heavy (non-hydrogen) atoms. The third-order valence-electron chi connectivity index (χ3n) is 5.92. The van der Waals surface area contributed by atoms with E-state index in [9.17, 15) is 0 Å². The van der Waals surface area contributed by atoms with Crippen molar-refractivity contribution in [2.45, 2.75) is 45.4 Å². The van der Waals surface area contributed by atoms with Crippen molar-refractivity contribution in [2.24, 2.45) is 0 Å². The van der Waals surface area contributed by atoms with Crippen LogP contribution in [0, 0.1) is 0 Å². The van der Waals surface area contributed by atoms with Gasteiger partial charge in [0.25, 0.3) is 0 Å². The van der Waals surface area contributed by atoms with Gasteiger partial charge in [-0.15, -0.1) is 0 Å². The summed E-state index contributed by atoms with van der Waals surface area (Å²) in [6.45, 7) is 11.3. The molecule has 0 N–H and O–H groups in total. The zero-order valence-electron chi connectivity index (χ0n) is 16.6. The highest BCUT2D eigenvalue weighted by Crippen LogP contribution is 2.48. The Labute approximate surface area is 160 Å². The summed E-state index contributed by atoms with van der Waals surface area (Å²) in [4.78, 5) is 10.00. The van der Waals surface area contributed by atoms with Gasteiger partial charge in [-0.2, -0.15) is 0 Å². The topological polar surface area (TPSA) is 25.8 Å². The van der Waals surface area contributed by atoms with Crippen molar-refractivity contribution in [3.63, 3.8) is 0 Å². The quantitative estimate of drug-likeness (QED) is 0.366. The second kappa shape index (κ2) is 5.16. The van der Waals surface area contributed by atoms with Crippen molar-refractivity contribution in [1.29, 1.82) is 0 Å². The molecule has 0 aliphatic heterocycles. The Kier molecular flexibility index (Phi) is 3.14. The number of aromatic nitrogens is 2. The van der Waals surface area contributed by atoms with Gasteiger partial charge >= 0.3 is 0 Å². The van der Waals surface area contributed by atoms with Gasteiger partial charge in [-0.25, -0.2) is 0 Å². The van der Waals surface area contributed by atoms with Gasteiger partial charge in [0.1, 0.15) is 0 Å². The molecule has 134 valence electrons. The summed E-state index contributed by atoms with van der Waals surface area (Å²) in [7, 11) is 0. The van der Waals surface area contributed by atoms with Crippen LogP contribution in [0.4, 0.5) is 0 Å². The first-order valence-corrected chi connectivity index (χ1v) is 9.61. The first kappa shape index (κ1) is 16.4. The van der Waals surface area contributed by atoms with Gasteiger partial charge in [0.15, 0.2) is 0 Å². The number of hydrogen-bond acceptors (Lipinski definition) is 2. The van der Waals surface area contributed by atoms with E-state index in [1.54, 1.807) is 0 Å². The van der Waals surface area contributed by atoms with Crippen LogP contribution in [0.2, 0.25) is 0 Å². The van der Waals surface area contributed by atoms with E-state index in [4.69, 9.17) is 9.97 Å². The number of hydrogen-bond donors (Lipinski definition) is 0. The molecular formula is C25H24N2. The molecule has 0 unspecified atom stereocenters. The molecule has 1 aliphatic carbocycles. The molecule has 0 radical (unpaired) electrons. The van der Waals surface area contributed by atoms with E-state index < -0.39 is 0 Å². The monoisotopic (exact) mass is 352 g/mol. The van der Waals surface area contributed by atoms with E-state index in [1.807, 2.05) is 6.20 Å². The van der Waals surface area contributed by atoms with Gasteiger partial charge in [-0.05, 0) is 46.0 Å². The van der Waals surface area contributed by atoms with Gasteiger partial charge in [0.2, 0.25) is 0 Å². The summed E-state index contributed by atoms with van der Waals surface area (Å²) in [5.41, 5.74) is 5.74. The highest BCUT2D eigenvalue weighted by atomic mass is 14.8. The third-order valence-corrected chi connectivity index (χ3v) is 5.92. The predicted octanol–water partition coefficient (Wildman–Crippen LogP) is 6.39. The SMILES string of the molecule is CC(C)(C)c1cc2ccnc3c2c(n1)C(C)(C)c1cc2ccccc2cc1-3.